The van der Waals surface area contributed by atoms with Gasteiger partial charge in [0.25, 0.3) is 0 Å². The number of carbonyl (C=O) groups is 1. The molecule has 0 atom stereocenters. The summed E-state index contributed by atoms with van der Waals surface area (Å²) in [4.78, 5) is 23.6. The first-order valence-electron chi connectivity index (χ1n) is 14.0. The first-order chi connectivity index (χ1) is 20.2. The predicted molar refractivity (Wildman–Crippen MR) is 158 cm³/mol. The van der Waals surface area contributed by atoms with Gasteiger partial charge in [0, 0.05) is 53.8 Å². The van der Waals surface area contributed by atoms with Crippen molar-refractivity contribution in [2.24, 2.45) is 0 Å². The molecule has 4 heterocycles. The SMILES string of the molecule is CC(C)(C)OC(=O)N1CCC(n2cc3c(-c4ccc(F)cc4)c(-c4ccncc4)c(-c4ccc(F)cc4)nc3n2)CC1. The summed E-state index contributed by atoms with van der Waals surface area (Å²) in [5, 5.41) is 5.73. The average molecular weight is 568 g/mol. The molecule has 42 heavy (non-hydrogen) atoms. The standard InChI is InChI=1S/C33H31F2N5O2/c1-33(2,3)42-32(41)39-18-14-26(15-19-39)40-20-27-28(21-4-8-24(34)9-5-21)29(22-12-16-36-17-13-22)30(37-31(27)38-40)23-6-10-25(35)11-7-23/h4-13,16-17,20,26H,14-15,18-19H2,1-3H3. The number of hydrogen-bond donors (Lipinski definition) is 0. The number of aromatic nitrogens is 4. The normalized spacial score (nSPS) is 14.4. The van der Waals surface area contributed by atoms with E-state index in [0.717, 1.165) is 33.2 Å². The Labute approximate surface area is 242 Å². The number of piperidine rings is 1. The molecule has 3 aromatic heterocycles. The van der Waals surface area contributed by atoms with E-state index in [2.05, 4.69) is 4.98 Å². The molecule has 0 bridgehead atoms. The van der Waals surface area contributed by atoms with E-state index in [1.165, 1.54) is 24.3 Å². The Kier molecular flexibility index (Phi) is 7.18. The summed E-state index contributed by atoms with van der Waals surface area (Å²) in [5.74, 6) is -0.674. The van der Waals surface area contributed by atoms with Crippen molar-refractivity contribution in [1.29, 1.82) is 0 Å². The van der Waals surface area contributed by atoms with Gasteiger partial charge in [-0.15, -0.1) is 0 Å². The molecule has 1 amide bonds. The largest absolute Gasteiger partial charge is 0.444 e. The van der Waals surface area contributed by atoms with Crippen molar-refractivity contribution in [2.45, 2.75) is 45.3 Å². The lowest BCUT2D eigenvalue weighted by molar-refractivity contribution is 0.0185. The Morgan fingerprint density at radius 3 is 2.00 bits per heavy atom. The monoisotopic (exact) mass is 567 g/mol. The summed E-state index contributed by atoms with van der Waals surface area (Å²) in [5.41, 5.74) is 4.69. The Morgan fingerprint density at radius 1 is 0.833 bits per heavy atom. The molecule has 0 spiro atoms. The summed E-state index contributed by atoms with van der Waals surface area (Å²) in [7, 11) is 0. The highest BCUT2D eigenvalue weighted by Gasteiger charge is 2.29. The molecular formula is C33H31F2N5O2. The molecule has 7 nitrogen and oxygen atoms in total. The van der Waals surface area contributed by atoms with Crippen LogP contribution in [0.2, 0.25) is 0 Å². The molecule has 6 rings (SSSR count). The Balaban J connectivity index is 1.48. The lowest BCUT2D eigenvalue weighted by atomic mass is 9.89. The van der Waals surface area contributed by atoms with E-state index < -0.39 is 5.60 Å². The van der Waals surface area contributed by atoms with Gasteiger partial charge in [0.15, 0.2) is 5.65 Å². The van der Waals surface area contributed by atoms with E-state index in [-0.39, 0.29) is 23.8 Å². The van der Waals surface area contributed by atoms with Crippen LogP contribution in [-0.4, -0.2) is 49.4 Å². The van der Waals surface area contributed by atoms with Crippen molar-refractivity contribution in [3.63, 3.8) is 0 Å². The summed E-state index contributed by atoms with van der Waals surface area (Å²) < 4.78 is 35.4. The number of fused-ring (bicyclic) bond motifs is 1. The van der Waals surface area contributed by atoms with Crippen LogP contribution >= 0.6 is 0 Å². The van der Waals surface area contributed by atoms with Gasteiger partial charge < -0.3 is 9.64 Å². The molecule has 0 unspecified atom stereocenters. The predicted octanol–water partition coefficient (Wildman–Crippen LogP) is 7.68. The Hall–Kier alpha value is -4.66. The molecule has 1 aliphatic heterocycles. The van der Waals surface area contributed by atoms with Crippen molar-refractivity contribution in [2.75, 3.05) is 13.1 Å². The smallest absolute Gasteiger partial charge is 0.410 e. The van der Waals surface area contributed by atoms with Gasteiger partial charge in [0.05, 0.1) is 11.7 Å². The fourth-order valence-electron chi connectivity index (χ4n) is 5.42. The van der Waals surface area contributed by atoms with Crippen molar-refractivity contribution < 1.29 is 18.3 Å². The average Bonchev–Trinajstić information content (AvgIpc) is 3.41. The van der Waals surface area contributed by atoms with Gasteiger partial charge in [-0.2, -0.15) is 5.10 Å². The van der Waals surface area contributed by atoms with Crippen LogP contribution in [-0.2, 0) is 4.74 Å². The summed E-state index contributed by atoms with van der Waals surface area (Å²) in [6.07, 6.45) is 6.53. The maximum Gasteiger partial charge on any atom is 0.410 e. The number of hydrogen-bond acceptors (Lipinski definition) is 5. The van der Waals surface area contributed by atoms with Gasteiger partial charge in [-0.05, 0) is 93.3 Å². The van der Waals surface area contributed by atoms with Crippen molar-refractivity contribution in [3.8, 4) is 33.5 Å². The maximum absolute atomic E-state index is 14.0. The first-order valence-corrected chi connectivity index (χ1v) is 14.0. The van der Waals surface area contributed by atoms with Gasteiger partial charge in [-0.25, -0.2) is 18.6 Å². The molecule has 0 saturated carbocycles. The van der Waals surface area contributed by atoms with Crippen LogP contribution < -0.4 is 0 Å². The minimum absolute atomic E-state index is 0.0533. The topological polar surface area (TPSA) is 73.1 Å². The van der Waals surface area contributed by atoms with Crippen LogP contribution in [0.25, 0.3) is 44.5 Å². The van der Waals surface area contributed by atoms with Gasteiger partial charge in [0.2, 0.25) is 0 Å². The third kappa shape index (κ3) is 5.59. The zero-order valence-corrected chi connectivity index (χ0v) is 23.7. The number of benzene rings is 2. The minimum Gasteiger partial charge on any atom is -0.444 e. The lowest BCUT2D eigenvalue weighted by Crippen LogP contribution is -2.42. The van der Waals surface area contributed by atoms with E-state index in [9.17, 15) is 13.6 Å². The minimum atomic E-state index is -0.551. The molecule has 214 valence electrons. The van der Waals surface area contributed by atoms with Crippen molar-refractivity contribution in [1.82, 2.24) is 24.6 Å². The third-order valence-electron chi connectivity index (χ3n) is 7.40. The number of rotatable bonds is 4. The molecule has 2 aromatic carbocycles. The van der Waals surface area contributed by atoms with Crippen LogP contribution in [0.4, 0.5) is 13.6 Å². The summed E-state index contributed by atoms with van der Waals surface area (Å²) in [6.45, 7) is 6.69. The Morgan fingerprint density at radius 2 is 1.40 bits per heavy atom. The molecule has 0 N–H and O–H groups in total. The van der Waals surface area contributed by atoms with E-state index in [4.69, 9.17) is 14.8 Å². The maximum atomic E-state index is 14.0. The molecule has 1 aliphatic rings. The lowest BCUT2D eigenvalue weighted by Gasteiger charge is -2.33. The van der Waals surface area contributed by atoms with E-state index >= 15 is 0 Å². The third-order valence-corrected chi connectivity index (χ3v) is 7.40. The molecule has 5 aromatic rings. The molecule has 1 fully saturated rings. The second-order valence-corrected chi connectivity index (χ2v) is 11.5. The Bertz CT molecular complexity index is 1720. The number of pyridine rings is 2. The van der Waals surface area contributed by atoms with Crippen molar-refractivity contribution >= 4 is 17.1 Å². The number of likely N-dealkylation sites (tertiary alicyclic amines) is 1. The highest BCUT2D eigenvalue weighted by Crippen LogP contribution is 2.43. The van der Waals surface area contributed by atoms with Crippen LogP contribution in [0.15, 0.2) is 79.3 Å². The zero-order valence-electron chi connectivity index (χ0n) is 23.7. The van der Waals surface area contributed by atoms with E-state index in [1.807, 2.05) is 43.8 Å². The van der Waals surface area contributed by atoms with Gasteiger partial charge >= 0.3 is 6.09 Å². The highest BCUT2D eigenvalue weighted by molar-refractivity contribution is 6.05. The fraction of sp³-hybridized carbons (Fsp3) is 0.273. The van der Waals surface area contributed by atoms with Crippen LogP contribution in [0.3, 0.4) is 0 Å². The van der Waals surface area contributed by atoms with Crippen LogP contribution in [0, 0.1) is 11.6 Å². The number of nitrogens with zero attached hydrogens (tertiary/aromatic N) is 5. The highest BCUT2D eigenvalue weighted by atomic mass is 19.1. The number of halogens is 2. The van der Waals surface area contributed by atoms with E-state index in [1.54, 1.807) is 41.6 Å². The van der Waals surface area contributed by atoms with Crippen LogP contribution in [0.1, 0.15) is 39.7 Å². The second-order valence-electron chi connectivity index (χ2n) is 11.5. The number of carbonyl (C=O) groups excluding carboxylic acids is 1. The van der Waals surface area contributed by atoms with Gasteiger partial charge in [-0.3, -0.25) is 9.67 Å². The number of ether oxygens (including phenoxy) is 1. The summed E-state index contributed by atoms with van der Waals surface area (Å²) >= 11 is 0. The van der Waals surface area contributed by atoms with Gasteiger partial charge in [-0.1, -0.05) is 12.1 Å². The van der Waals surface area contributed by atoms with Crippen LogP contribution in [0.5, 0.6) is 0 Å². The van der Waals surface area contributed by atoms with Crippen molar-refractivity contribution in [3.05, 3.63) is 90.9 Å². The zero-order chi connectivity index (χ0) is 29.4. The molecule has 0 radical (unpaired) electrons. The molecular weight excluding hydrogens is 536 g/mol. The first kappa shape index (κ1) is 27.5. The van der Waals surface area contributed by atoms with E-state index in [0.29, 0.717) is 37.3 Å². The quantitative estimate of drug-likeness (QED) is 0.223. The second kappa shape index (κ2) is 11.0. The molecule has 9 heteroatoms. The fourth-order valence-corrected chi connectivity index (χ4v) is 5.42. The van der Waals surface area contributed by atoms with Gasteiger partial charge in [0.1, 0.15) is 17.2 Å². The summed E-state index contributed by atoms with van der Waals surface area (Å²) in [6, 6.07) is 16.5. The molecule has 0 aliphatic carbocycles. The number of amides is 1. The molecule has 1 saturated heterocycles.